The maximum atomic E-state index is 2.44. The molecule has 0 saturated carbocycles. The molecule has 0 unspecified atom stereocenters. The molecule has 10 rings (SSSR count). The van der Waals surface area contributed by atoms with E-state index in [-0.39, 0.29) is 84.1 Å². The van der Waals surface area contributed by atoms with Crippen molar-refractivity contribution in [2.75, 3.05) is 24.6 Å². The van der Waals surface area contributed by atoms with Gasteiger partial charge in [-0.3, -0.25) is 0 Å². The second kappa shape index (κ2) is 33.5. The summed E-state index contributed by atoms with van der Waals surface area (Å²) in [6.45, 7) is 13.5. The maximum Gasteiger partial charge on any atom is 2.00 e. The van der Waals surface area contributed by atoms with E-state index in [4.69, 9.17) is 0 Å². The van der Waals surface area contributed by atoms with Crippen molar-refractivity contribution in [1.82, 2.24) is 0 Å². The normalized spacial score (nSPS) is 10.6. The van der Waals surface area contributed by atoms with Crippen molar-refractivity contribution in [3.05, 3.63) is 205 Å². The van der Waals surface area contributed by atoms with Crippen LogP contribution in [0.3, 0.4) is 0 Å². The molecule has 372 valence electrons. The van der Waals surface area contributed by atoms with Crippen LogP contribution in [-0.2, 0) is 43.4 Å². The summed E-state index contributed by atoms with van der Waals surface area (Å²) in [4.78, 5) is 0. The van der Waals surface area contributed by atoms with E-state index in [2.05, 4.69) is 236 Å². The van der Waals surface area contributed by atoms with Gasteiger partial charge in [-0.25, -0.2) is 0 Å². The number of unbranched alkanes of at least 4 members (excludes halogenated alkanes) is 4. The molecule has 0 atom stereocenters. The number of fused-ring (bicyclic) bond motifs is 4. The number of hydrogen-bond acceptors (Lipinski definition) is 0. The van der Waals surface area contributed by atoms with Gasteiger partial charge in [0.15, 0.2) is 0 Å². The number of aryl methyl sites for hydroxylation is 2. The molecular formula is C66H74Cl2P2Ti2-2. The van der Waals surface area contributed by atoms with Crippen LogP contribution in [0.1, 0.15) is 90.2 Å². The summed E-state index contributed by atoms with van der Waals surface area (Å²) in [5, 5.41) is 14.3. The van der Waals surface area contributed by atoms with Crippen molar-refractivity contribution in [3.63, 3.8) is 0 Å². The van der Waals surface area contributed by atoms with E-state index >= 15 is 0 Å². The molecule has 72 heavy (non-hydrogen) atoms. The van der Waals surface area contributed by atoms with E-state index in [1.165, 1.54) is 152 Å². The predicted molar refractivity (Wildman–Crippen MR) is 311 cm³/mol. The summed E-state index contributed by atoms with van der Waals surface area (Å²) >= 11 is 0. The van der Waals surface area contributed by atoms with Gasteiger partial charge in [-0.2, -0.15) is 24.3 Å². The Morgan fingerprint density at radius 1 is 0.347 bits per heavy atom. The molecule has 0 nitrogen and oxygen atoms in total. The van der Waals surface area contributed by atoms with Crippen molar-refractivity contribution in [2.24, 2.45) is 0 Å². The molecule has 0 aliphatic rings. The smallest absolute Gasteiger partial charge is 1.00 e. The van der Waals surface area contributed by atoms with Crippen molar-refractivity contribution in [2.45, 2.75) is 92.9 Å². The van der Waals surface area contributed by atoms with Gasteiger partial charge < -0.3 is 24.8 Å². The average molecular weight is 1100 g/mol. The summed E-state index contributed by atoms with van der Waals surface area (Å²) in [7, 11) is 0.171. The predicted octanol–water partition coefficient (Wildman–Crippen LogP) is 13.6. The molecular weight excluding hydrogens is 1020 g/mol. The van der Waals surface area contributed by atoms with Crippen LogP contribution in [0.15, 0.2) is 194 Å². The molecule has 0 N–H and O–H groups in total. The molecule has 6 heteroatoms. The molecule has 10 aromatic rings. The number of hydrogen-bond donors (Lipinski definition) is 0. The third-order valence-electron chi connectivity index (χ3n) is 13.0. The number of benzene rings is 6. The van der Waals surface area contributed by atoms with Crippen molar-refractivity contribution in [1.29, 1.82) is 0 Å². The van der Waals surface area contributed by atoms with Crippen LogP contribution in [0.5, 0.6) is 0 Å². The molecule has 0 heterocycles. The molecule has 0 amide bonds. The molecule has 0 saturated heterocycles. The van der Waals surface area contributed by atoms with Gasteiger partial charge in [0.25, 0.3) is 0 Å². The second-order valence-corrected chi connectivity index (χ2v) is 23.5. The molecule has 0 spiro atoms. The van der Waals surface area contributed by atoms with Gasteiger partial charge in [0.1, 0.15) is 0 Å². The van der Waals surface area contributed by atoms with Gasteiger partial charge in [0, 0.05) is 0 Å². The number of rotatable bonds is 16. The van der Waals surface area contributed by atoms with E-state index < -0.39 is 0 Å². The Balaban J connectivity index is 0.000000249. The van der Waals surface area contributed by atoms with E-state index in [0.29, 0.717) is 0 Å². The maximum absolute atomic E-state index is 2.44. The fraction of sp³-hybridized carbons (Fsp3) is 0.273. The first-order valence-corrected chi connectivity index (χ1v) is 29.0. The Kier molecular flexibility index (Phi) is 29.3. The molecule has 0 fully saturated rings. The van der Waals surface area contributed by atoms with Crippen LogP contribution in [0.2, 0.25) is 0 Å². The van der Waals surface area contributed by atoms with Crippen LogP contribution in [0.4, 0.5) is 0 Å². The van der Waals surface area contributed by atoms with Crippen molar-refractivity contribution in [3.8, 4) is 22.3 Å². The molecule has 0 aromatic heterocycles. The van der Waals surface area contributed by atoms with Gasteiger partial charge in [0.05, 0.1) is 0 Å². The molecule has 0 radical (unpaired) electrons. The summed E-state index contributed by atoms with van der Waals surface area (Å²) in [5.74, 6) is 0. The van der Waals surface area contributed by atoms with Gasteiger partial charge in [-0.05, 0) is 61.5 Å². The minimum atomic E-state index is 0. The summed E-state index contributed by atoms with van der Waals surface area (Å²) in [5.41, 5.74) is 7.89. The second-order valence-electron chi connectivity index (χ2n) is 18.5. The van der Waals surface area contributed by atoms with Crippen LogP contribution in [0.25, 0.3) is 65.3 Å². The van der Waals surface area contributed by atoms with Crippen LogP contribution >= 0.6 is 15.8 Å². The Hall–Kier alpha value is -3.37. The summed E-state index contributed by atoms with van der Waals surface area (Å²) in [6, 6.07) is 70.4. The zero-order chi connectivity index (χ0) is 47.5. The zero-order valence-corrected chi connectivity index (χ0v) is 50.0. The first kappa shape index (κ1) is 62.9. The van der Waals surface area contributed by atoms with Crippen molar-refractivity contribution >= 4 is 69.5 Å². The Bertz CT molecular complexity index is 2730. The van der Waals surface area contributed by atoms with E-state index in [0.717, 1.165) is 0 Å². The van der Waals surface area contributed by atoms with E-state index in [9.17, 15) is 0 Å². The summed E-state index contributed by atoms with van der Waals surface area (Å²) in [6.07, 6.45) is 16.5. The summed E-state index contributed by atoms with van der Waals surface area (Å²) < 4.78 is 0. The fourth-order valence-electron chi connectivity index (χ4n) is 9.28. The third-order valence-corrected chi connectivity index (χ3v) is 18.4. The van der Waals surface area contributed by atoms with Crippen molar-refractivity contribution < 1.29 is 68.2 Å². The van der Waals surface area contributed by atoms with Gasteiger partial charge in [0.2, 0.25) is 0 Å². The Morgan fingerprint density at radius 2 is 0.667 bits per heavy atom. The Morgan fingerprint density at radius 3 is 1.00 bits per heavy atom. The Labute approximate surface area is 478 Å². The minimum absolute atomic E-state index is 0. The van der Waals surface area contributed by atoms with E-state index in [1.807, 2.05) is 0 Å². The first-order chi connectivity index (χ1) is 33.4. The van der Waals surface area contributed by atoms with Crippen LogP contribution in [-0.4, -0.2) is 24.6 Å². The van der Waals surface area contributed by atoms with Gasteiger partial charge >= 0.3 is 43.4 Å². The monoisotopic (exact) mass is 1090 g/mol. The fourth-order valence-corrected chi connectivity index (χ4v) is 14.8. The quantitative estimate of drug-likeness (QED) is 0.0514. The van der Waals surface area contributed by atoms with E-state index in [1.54, 1.807) is 10.6 Å². The molecule has 0 aliphatic carbocycles. The third kappa shape index (κ3) is 17.9. The standard InChI is InChI=1S/2C17H24P.2C16H13.2ClH.2Ti/c2*1-3-5-11-18(12-6-4-2)17-13-15-9-7-8-10-16(15)14-17;2*1-12-10-14-8-5-9-15(16(14)11-12)13-6-3-2-4-7-13;;;;/h2*7-10,13-14H,3-6,11-12H2,1-2H3;2*2-11H,1H3;2*1H;;/q4*-1;;;2*+2/p-2. The first-order valence-electron chi connectivity index (χ1n) is 25.6. The average Bonchev–Trinajstić information content (AvgIpc) is 4.19. The largest absolute Gasteiger partial charge is 2.00 e. The SMILES string of the molecule is CCCCP(CCCC)c1cc2ccccc2[cH-]1.CCCCP(CCCC)c1cc2ccccc2[cH-]1.Cc1cc2c(-c3ccccc3)cccc2[cH-]1.Cc1cc2c(-c3ccccc3)cccc2[cH-]1.[Cl-].[Cl-].[Ti+2].[Ti+2]. The minimum Gasteiger partial charge on any atom is -1.00 e. The number of halogens is 2. The topological polar surface area (TPSA) is 0 Å². The zero-order valence-electron chi connectivity index (χ0n) is 43.6. The van der Waals surface area contributed by atoms with Gasteiger partial charge in [-0.15, -0.1) is 150 Å². The van der Waals surface area contributed by atoms with Crippen LogP contribution < -0.4 is 35.4 Å². The molecule has 10 aromatic carbocycles. The van der Waals surface area contributed by atoms with Crippen LogP contribution in [0, 0.1) is 13.8 Å². The molecule has 0 bridgehead atoms. The van der Waals surface area contributed by atoms with Gasteiger partial charge in [-0.1, -0.05) is 179 Å². The molecule has 0 aliphatic heterocycles.